The molecule has 4 amide bonds. The van der Waals surface area contributed by atoms with Crippen molar-refractivity contribution in [1.82, 2.24) is 25.4 Å². The van der Waals surface area contributed by atoms with Crippen molar-refractivity contribution < 1.29 is 14.4 Å². The number of thioether (sulfide) groups is 1. The van der Waals surface area contributed by atoms with Gasteiger partial charge in [0.2, 0.25) is 11.8 Å². The van der Waals surface area contributed by atoms with Crippen molar-refractivity contribution in [3.63, 3.8) is 0 Å². The van der Waals surface area contributed by atoms with E-state index in [0.29, 0.717) is 23.4 Å². The van der Waals surface area contributed by atoms with Crippen molar-refractivity contribution in [2.75, 3.05) is 0 Å². The summed E-state index contributed by atoms with van der Waals surface area (Å²) in [5.74, 6) is -0.0379. The van der Waals surface area contributed by atoms with Gasteiger partial charge in [-0.05, 0) is 32.6 Å². The molecule has 1 atom stereocenters. The van der Waals surface area contributed by atoms with Crippen LogP contribution in [0.5, 0.6) is 0 Å². The summed E-state index contributed by atoms with van der Waals surface area (Å²) in [5, 5.41) is 13.5. The van der Waals surface area contributed by atoms with E-state index >= 15 is 0 Å². The number of nitrogens with zero attached hydrogens (tertiary/aromatic N) is 3. The molecular formula is C15H22N6O3S. The fourth-order valence-electron chi connectivity index (χ4n) is 2.37. The molecule has 1 aromatic rings. The zero-order valence-electron chi connectivity index (χ0n) is 14.0. The Kier molecular flexibility index (Phi) is 5.26. The van der Waals surface area contributed by atoms with E-state index in [4.69, 9.17) is 5.73 Å². The van der Waals surface area contributed by atoms with Crippen molar-refractivity contribution in [2.45, 2.75) is 67.9 Å². The van der Waals surface area contributed by atoms with Crippen molar-refractivity contribution in [2.24, 2.45) is 5.73 Å². The third kappa shape index (κ3) is 4.94. The second-order valence-electron chi connectivity index (χ2n) is 6.46. The van der Waals surface area contributed by atoms with Crippen LogP contribution in [0.25, 0.3) is 0 Å². The summed E-state index contributed by atoms with van der Waals surface area (Å²) in [4.78, 5) is 34.8. The van der Waals surface area contributed by atoms with Gasteiger partial charge in [-0.1, -0.05) is 11.8 Å². The molecule has 0 radical (unpaired) electrons. The van der Waals surface area contributed by atoms with E-state index in [1.165, 1.54) is 11.8 Å². The summed E-state index contributed by atoms with van der Waals surface area (Å²) < 4.78 is 1.99. The second-order valence-corrected chi connectivity index (χ2v) is 7.77. The molecule has 0 aliphatic heterocycles. The Labute approximate surface area is 149 Å². The number of imide groups is 1. The third-order valence-electron chi connectivity index (χ3n) is 4.04. The molecule has 2 saturated carbocycles. The van der Waals surface area contributed by atoms with Crippen molar-refractivity contribution in [1.29, 1.82) is 0 Å². The van der Waals surface area contributed by atoms with Gasteiger partial charge in [0.05, 0.1) is 5.25 Å². The highest BCUT2D eigenvalue weighted by molar-refractivity contribution is 8.00. The summed E-state index contributed by atoms with van der Waals surface area (Å²) in [6.07, 6.45) is 4.63. The molecule has 1 unspecified atom stereocenters. The lowest BCUT2D eigenvalue weighted by molar-refractivity contribution is -0.119. The Hall–Kier alpha value is -2.10. The first-order valence-electron chi connectivity index (χ1n) is 8.44. The maximum atomic E-state index is 12.2. The van der Waals surface area contributed by atoms with Gasteiger partial charge in [0.15, 0.2) is 5.16 Å². The predicted molar refractivity (Wildman–Crippen MR) is 90.8 cm³/mol. The minimum atomic E-state index is -0.490. The first-order chi connectivity index (χ1) is 11.9. The van der Waals surface area contributed by atoms with Gasteiger partial charge in [-0.3, -0.25) is 14.9 Å². The topological polar surface area (TPSA) is 132 Å². The number of nitrogens with one attached hydrogen (secondary N) is 2. The molecule has 10 heteroatoms. The average Bonchev–Trinajstić information content (AvgIpc) is 3.46. The van der Waals surface area contributed by atoms with Crippen LogP contribution in [-0.2, 0) is 16.0 Å². The van der Waals surface area contributed by atoms with Gasteiger partial charge in [0.25, 0.3) is 0 Å². The monoisotopic (exact) mass is 366 g/mol. The minimum Gasteiger partial charge on any atom is -0.370 e. The molecule has 136 valence electrons. The van der Waals surface area contributed by atoms with Crippen LogP contribution in [0.3, 0.4) is 0 Å². The first-order valence-corrected chi connectivity index (χ1v) is 9.32. The quantitative estimate of drug-likeness (QED) is 0.574. The number of aromatic nitrogens is 3. The highest BCUT2D eigenvalue weighted by Crippen LogP contribution is 2.39. The van der Waals surface area contributed by atoms with E-state index in [-0.39, 0.29) is 24.3 Å². The predicted octanol–water partition coefficient (Wildman–Crippen LogP) is 0.500. The molecule has 0 bridgehead atoms. The number of primary amides is 1. The van der Waals surface area contributed by atoms with Gasteiger partial charge in [-0.15, -0.1) is 10.2 Å². The lowest BCUT2D eigenvalue weighted by atomic mass is 10.3. The van der Waals surface area contributed by atoms with Crippen LogP contribution in [0.1, 0.15) is 50.9 Å². The van der Waals surface area contributed by atoms with E-state index in [0.717, 1.165) is 25.7 Å². The number of amides is 4. The molecule has 2 fully saturated rings. The average molecular weight is 366 g/mol. The first kappa shape index (κ1) is 17.7. The minimum absolute atomic E-state index is 0.196. The van der Waals surface area contributed by atoms with Gasteiger partial charge in [-0.2, -0.15) is 0 Å². The molecule has 2 aliphatic rings. The van der Waals surface area contributed by atoms with Crippen LogP contribution < -0.4 is 16.4 Å². The van der Waals surface area contributed by atoms with Gasteiger partial charge in [0.1, 0.15) is 5.82 Å². The third-order valence-corrected chi connectivity index (χ3v) is 5.10. The van der Waals surface area contributed by atoms with Gasteiger partial charge >= 0.3 is 6.03 Å². The van der Waals surface area contributed by atoms with Crippen LogP contribution in [-0.4, -0.2) is 43.9 Å². The van der Waals surface area contributed by atoms with Crippen LogP contribution in [0.2, 0.25) is 0 Å². The molecule has 0 saturated heterocycles. The van der Waals surface area contributed by atoms with E-state index in [1.54, 1.807) is 6.92 Å². The van der Waals surface area contributed by atoms with Crippen molar-refractivity contribution >= 4 is 29.6 Å². The Bertz CT molecular complexity index is 683. The molecule has 1 heterocycles. The number of urea groups is 1. The fraction of sp³-hybridized carbons (Fsp3) is 0.667. The van der Waals surface area contributed by atoms with E-state index in [1.807, 2.05) is 4.57 Å². The molecule has 1 aromatic heterocycles. The molecule has 0 spiro atoms. The lowest BCUT2D eigenvalue weighted by Gasteiger charge is -2.13. The maximum absolute atomic E-state index is 12.2. The summed E-state index contributed by atoms with van der Waals surface area (Å²) in [6.45, 7) is 1.72. The largest absolute Gasteiger partial charge is 0.370 e. The molecule has 4 N–H and O–H groups in total. The van der Waals surface area contributed by atoms with Gasteiger partial charge in [0, 0.05) is 24.9 Å². The van der Waals surface area contributed by atoms with Crippen LogP contribution in [0.4, 0.5) is 4.79 Å². The Balaban J connectivity index is 1.59. The number of rotatable bonds is 8. The smallest absolute Gasteiger partial charge is 0.321 e. The van der Waals surface area contributed by atoms with Crippen LogP contribution in [0, 0.1) is 0 Å². The Morgan fingerprint density at radius 3 is 2.60 bits per heavy atom. The van der Waals surface area contributed by atoms with Crippen molar-refractivity contribution in [3.05, 3.63) is 5.82 Å². The number of carbonyl (C=O) groups is 3. The summed E-state index contributed by atoms with van der Waals surface area (Å²) >= 11 is 1.26. The van der Waals surface area contributed by atoms with Crippen LogP contribution >= 0.6 is 11.8 Å². The summed E-state index contributed by atoms with van der Waals surface area (Å²) in [6, 6.07) is 0.0566. The van der Waals surface area contributed by atoms with Crippen molar-refractivity contribution in [3.8, 4) is 0 Å². The number of hydrogen-bond acceptors (Lipinski definition) is 6. The Morgan fingerprint density at radius 2 is 2.00 bits per heavy atom. The normalized spacial score (nSPS) is 17.8. The fourth-order valence-corrected chi connectivity index (χ4v) is 3.31. The lowest BCUT2D eigenvalue weighted by Crippen LogP contribution is -2.43. The van der Waals surface area contributed by atoms with Gasteiger partial charge in [-0.25, -0.2) is 4.79 Å². The Morgan fingerprint density at radius 1 is 1.28 bits per heavy atom. The standard InChI is InChI=1S/C15H22N6O3S/c1-8(13(23)18-14(24)17-9-2-3-9)25-15-20-19-12(7-6-11(16)22)21(15)10-4-5-10/h8-10H,2-7H2,1H3,(H2,16,22)(H2,17,18,23,24). The van der Waals surface area contributed by atoms with E-state index < -0.39 is 11.3 Å². The SMILES string of the molecule is CC(Sc1nnc(CCC(N)=O)n1C1CC1)C(=O)NC(=O)NC1CC1. The molecule has 25 heavy (non-hydrogen) atoms. The maximum Gasteiger partial charge on any atom is 0.321 e. The van der Waals surface area contributed by atoms with E-state index in [2.05, 4.69) is 20.8 Å². The molecule has 2 aliphatic carbocycles. The molecular weight excluding hydrogens is 344 g/mol. The second kappa shape index (κ2) is 7.42. The summed E-state index contributed by atoms with van der Waals surface area (Å²) in [5.41, 5.74) is 5.20. The molecule has 9 nitrogen and oxygen atoms in total. The highest BCUT2D eigenvalue weighted by atomic mass is 32.2. The number of aryl methyl sites for hydroxylation is 1. The molecule has 0 aromatic carbocycles. The molecule has 3 rings (SSSR count). The van der Waals surface area contributed by atoms with Gasteiger partial charge < -0.3 is 15.6 Å². The summed E-state index contributed by atoms with van der Waals surface area (Å²) in [7, 11) is 0. The zero-order valence-corrected chi connectivity index (χ0v) is 14.8. The number of hydrogen-bond donors (Lipinski definition) is 3. The highest BCUT2D eigenvalue weighted by Gasteiger charge is 2.31. The van der Waals surface area contributed by atoms with Crippen LogP contribution in [0.15, 0.2) is 5.16 Å². The van der Waals surface area contributed by atoms with E-state index in [9.17, 15) is 14.4 Å². The number of carbonyl (C=O) groups excluding carboxylic acids is 3. The zero-order chi connectivity index (χ0) is 18.0. The number of nitrogens with two attached hydrogens (primary N) is 1.